The second-order valence-corrected chi connectivity index (χ2v) is 8.42. The molecule has 31 heavy (non-hydrogen) atoms. The van der Waals surface area contributed by atoms with Crippen molar-refractivity contribution < 1.29 is 9.53 Å². The summed E-state index contributed by atoms with van der Waals surface area (Å²) in [6.07, 6.45) is 0.729. The Hall–Kier alpha value is -3.32. The summed E-state index contributed by atoms with van der Waals surface area (Å²) >= 11 is 1.48. The van der Waals surface area contributed by atoms with Gasteiger partial charge in [0.2, 0.25) is 0 Å². The van der Waals surface area contributed by atoms with Crippen LogP contribution in [0.15, 0.2) is 42.5 Å². The summed E-state index contributed by atoms with van der Waals surface area (Å²) in [5, 5.41) is 4.11. The number of carbonyl (C=O) groups is 1. The fourth-order valence-electron chi connectivity index (χ4n) is 3.38. The van der Waals surface area contributed by atoms with E-state index >= 15 is 0 Å². The SMILES string of the molecule is CCOC(=O)c1ccc2nc(Nc3nc(C)nc(C)c3Cc3ccc(C)cc3)sc2c1. The Morgan fingerprint density at radius 1 is 1.03 bits per heavy atom. The molecule has 0 bridgehead atoms. The van der Waals surface area contributed by atoms with Crippen molar-refractivity contribution in [3.63, 3.8) is 0 Å². The molecule has 6 nitrogen and oxygen atoms in total. The molecule has 0 saturated heterocycles. The predicted molar refractivity (Wildman–Crippen MR) is 124 cm³/mol. The molecule has 0 atom stereocenters. The third-order valence-corrected chi connectivity index (χ3v) is 5.89. The Morgan fingerprint density at radius 3 is 2.55 bits per heavy atom. The molecular weight excluding hydrogens is 408 g/mol. The summed E-state index contributed by atoms with van der Waals surface area (Å²) in [7, 11) is 0. The molecule has 2 aromatic carbocycles. The molecule has 2 aromatic heterocycles. The average molecular weight is 433 g/mol. The van der Waals surface area contributed by atoms with Crippen LogP contribution in [0.4, 0.5) is 10.9 Å². The van der Waals surface area contributed by atoms with Crippen molar-refractivity contribution in [2.75, 3.05) is 11.9 Å². The number of hydrogen-bond acceptors (Lipinski definition) is 7. The summed E-state index contributed by atoms with van der Waals surface area (Å²) < 4.78 is 6.01. The molecule has 7 heteroatoms. The number of ether oxygens (including phenoxy) is 1. The van der Waals surface area contributed by atoms with Crippen LogP contribution < -0.4 is 5.32 Å². The third-order valence-electron chi connectivity index (χ3n) is 4.95. The van der Waals surface area contributed by atoms with Crippen molar-refractivity contribution in [2.45, 2.75) is 34.1 Å². The number of nitrogens with zero attached hydrogens (tertiary/aromatic N) is 3. The van der Waals surface area contributed by atoms with Crippen molar-refractivity contribution in [1.29, 1.82) is 0 Å². The number of fused-ring (bicyclic) bond motifs is 1. The summed E-state index contributed by atoms with van der Waals surface area (Å²) in [5.74, 6) is 1.14. The fraction of sp³-hybridized carbons (Fsp3) is 0.250. The molecule has 0 radical (unpaired) electrons. The summed E-state index contributed by atoms with van der Waals surface area (Å²) in [6.45, 7) is 8.12. The topological polar surface area (TPSA) is 77.0 Å². The summed E-state index contributed by atoms with van der Waals surface area (Å²) in [6, 6.07) is 13.9. The van der Waals surface area contributed by atoms with Gasteiger partial charge in [0, 0.05) is 17.7 Å². The van der Waals surface area contributed by atoms with Crippen LogP contribution in [0.3, 0.4) is 0 Å². The van der Waals surface area contributed by atoms with Crippen molar-refractivity contribution in [1.82, 2.24) is 15.0 Å². The number of anilines is 2. The number of rotatable bonds is 6. The molecule has 2 heterocycles. The summed E-state index contributed by atoms with van der Waals surface area (Å²) in [4.78, 5) is 25.9. The van der Waals surface area contributed by atoms with Gasteiger partial charge in [-0.15, -0.1) is 0 Å². The van der Waals surface area contributed by atoms with Crippen LogP contribution in [0.25, 0.3) is 10.2 Å². The highest BCUT2D eigenvalue weighted by atomic mass is 32.1. The molecule has 0 aliphatic heterocycles. The molecule has 0 aliphatic rings. The van der Waals surface area contributed by atoms with Gasteiger partial charge in [-0.3, -0.25) is 0 Å². The number of nitrogens with one attached hydrogen (secondary N) is 1. The maximum atomic E-state index is 12.0. The first kappa shape index (κ1) is 20.9. The van der Waals surface area contributed by atoms with Crippen molar-refractivity contribution >= 4 is 38.5 Å². The van der Waals surface area contributed by atoms with Gasteiger partial charge in [-0.25, -0.2) is 19.7 Å². The highest BCUT2D eigenvalue weighted by Crippen LogP contribution is 2.31. The van der Waals surface area contributed by atoms with Gasteiger partial charge in [-0.05, 0) is 51.5 Å². The van der Waals surface area contributed by atoms with Gasteiger partial charge in [0.05, 0.1) is 22.4 Å². The molecule has 158 valence electrons. The van der Waals surface area contributed by atoms with Gasteiger partial charge in [0.1, 0.15) is 11.6 Å². The van der Waals surface area contributed by atoms with Gasteiger partial charge in [0.15, 0.2) is 5.13 Å². The van der Waals surface area contributed by atoms with Gasteiger partial charge in [-0.2, -0.15) is 0 Å². The number of thiazole rings is 1. The van der Waals surface area contributed by atoms with E-state index in [4.69, 9.17) is 4.74 Å². The van der Waals surface area contributed by atoms with Crippen molar-refractivity contribution in [3.8, 4) is 0 Å². The minimum atomic E-state index is -0.324. The van der Waals surface area contributed by atoms with Crippen LogP contribution >= 0.6 is 11.3 Å². The Morgan fingerprint density at radius 2 is 1.81 bits per heavy atom. The Bertz CT molecular complexity index is 1250. The number of esters is 1. The quantitative estimate of drug-likeness (QED) is 0.404. The van der Waals surface area contributed by atoms with Gasteiger partial charge in [-0.1, -0.05) is 41.2 Å². The number of hydrogen-bond donors (Lipinski definition) is 1. The van der Waals surface area contributed by atoms with E-state index in [0.717, 1.165) is 38.8 Å². The lowest BCUT2D eigenvalue weighted by molar-refractivity contribution is 0.0526. The monoisotopic (exact) mass is 432 g/mol. The minimum absolute atomic E-state index is 0.324. The molecule has 1 N–H and O–H groups in total. The fourth-order valence-corrected chi connectivity index (χ4v) is 4.29. The second-order valence-electron chi connectivity index (χ2n) is 7.39. The van der Waals surface area contributed by atoms with E-state index in [1.165, 1.54) is 22.5 Å². The van der Waals surface area contributed by atoms with Crippen LogP contribution in [0.5, 0.6) is 0 Å². The maximum absolute atomic E-state index is 12.0. The van der Waals surface area contributed by atoms with Crippen LogP contribution in [-0.2, 0) is 11.2 Å². The molecule has 0 unspecified atom stereocenters. The Kier molecular flexibility index (Phi) is 5.95. The number of carbonyl (C=O) groups excluding carboxylic acids is 1. The van der Waals surface area contributed by atoms with E-state index in [2.05, 4.69) is 51.5 Å². The minimum Gasteiger partial charge on any atom is -0.462 e. The highest BCUT2D eigenvalue weighted by molar-refractivity contribution is 7.22. The largest absolute Gasteiger partial charge is 0.462 e. The van der Waals surface area contributed by atoms with Gasteiger partial charge < -0.3 is 10.1 Å². The molecule has 0 fully saturated rings. The zero-order valence-corrected chi connectivity index (χ0v) is 18.8. The van der Waals surface area contributed by atoms with Crippen LogP contribution in [-0.4, -0.2) is 27.5 Å². The number of benzene rings is 2. The molecule has 0 spiro atoms. The van der Waals surface area contributed by atoms with Crippen LogP contribution in [0.2, 0.25) is 0 Å². The number of aromatic nitrogens is 3. The lowest BCUT2D eigenvalue weighted by Gasteiger charge is -2.13. The normalized spacial score (nSPS) is 11.0. The summed E-state index contributed by atoms with van der Waals surface area (Å²) in [5.41, 5.74) is 5.77. The molecule has 4 rings (SSSR count). The predicted octanol–water partition coefficient (Wildman–Crippen LogP) is 5.52. The Balaban J connectivity index is 1.66. The molecule has 0 amide bonds. The van der Waals surface area contributed by atoms with Crippen molar-refractivity contribution in [2.24, 2.45) is 0 Å². The van der Waals surface area contributed by atoms with Gasteiger partial charge in [0.25, 0.3) is 0 Å². The first-order chi connectivity index (χ1) is 14.9. The van der Waals surface area contributed by atoms with E-state index < -0.39 is 0 Å². The second kappa shape index (κ2) is 8.81. The Labute approximate surface area is 185 Å². The van der Waals surface area contributed by atoms with Crippen molar-refractivity contribution in [3.05, 3.63) is 76.2 Å². The van der Waals surface area contributed by atoms with Crippen LogP contribution in [0.1, 0.15) is 45.5 Å². The lowest BCUT2D eigenvalue weighted by atomic mass is 10.0. The highest BCUT2D eigenvalue weighted by Gasteiger charge is 2.15. The van der Waals surface area contributed by atoms with Crippen LogP contribution in [0, 0.1) is 20.8 Å². The van der Waals surface area contributed by atoms with E-state index in [9.17, 15) is 4.79 Å². The smallest absolute Gasteiger partial charge is 0.338 e. The standard InChI is InChI=1S/C24H24N4O2S/c1-5-30-23(29)18-10-11-20-21(13-18)31-24(27-20)28-22-19(15(3)25-16(4)26-22)12-17-8-6-14(2)7-9-17/h6-11,13H,5,12H2,1-4H3,(H,25,26,27,28). The zero-order chi connectivity index (χ0) is 22.0. The zero-order valence-electron chi connectivity index (χ0n) is 18.0. The van der Waals surface area contributed by atoms with E-state index in [1.807, 2.05) is 26.0 Å². The third kappa shape index (κ3) is 4.72. The molecule has 4 aromatic rings. The average Bonchev–Trinajstić information content (AvgIpc) is 3.13. The lowest BCUT2D eigenvalue weighted by Crippen LogP contribution is -2.06. The first-order valence-corrected chi connectivity index (χ1v) is 11.0. The van der Waals surface area contributed by atoms with E-state index in [0.29, 0.717) is 18.0 Å². The number of aryl methyl sites for hydroxylation is 3. The van der Waals surface area contributed by atoms with E-state index in [-0.39, 0.29) is 5.97 Å². The maximum Gasteiger partial charge on any atom is 0.338 e. The molecular formula is C24H24N4O2S. The first-order valence-electron chi connectivity index (χ1n) is 10.2. The van der Waals surface area contributed by atoms with Gasteiger partial charge >= 0.3 is 5.97 Å². The molecule has 0 aliphatic carbocycles. The molecule has 0 saturated carbocycles. The van der Waals surface area contributed by atoms with E-state index in [1.54, 1.807) is 13.0 Å².